The molecule has 0 amide bonds. The molecule has 0 aromatic rings. The summed E-state index contributed by atoms with van der Waals surface area (Å²) in [6, 6.07) is 0. The van der Waals surface area contributed by atoms with Crippen molar-refractivity contribution >= 4 is 9.84 Å². The van der Waals surface area contributed by atoms with Crippen LogP contribution in [0, 0.1) is 0 Å². The largest absolute Gasteiger partial charge is 0.224 e. The van der Waals surface area contributed by atoms with E-state index in [-0.39, 0.29) is 5.75 Å². The van der Waals surface area contributed by atoms with Crippen LogP contribution >= 0.6 is 0 Å². The van der Waals surface area contributed by atoms with Gasteiger partial charge in [-0.05, 0) is 6.42 Å². The molecular formula is C18H36O2S. The quantitative estimate of drug-likeness (QED) is 0.326. The summed E-state index contributed by atoms with van der Waals surface area (Å²) in [5.41, 5.74) is 0. The number of hydrogen-bond donors (Lipinski definition) is 0. The van der Waals surface area contributed by atoms with E-state index in [0.717, 1.165) is 18.2 Å². The molecule has 0 aliphatic rings. The molecule has 0 aromatic carbocycles. The van der Waals surface area contributed by atoms with Crippen LogP contribution in [0.5, 0.6) is 0 Å². The summed E-state index contributed by atoms with van der Waals surface area (Å²) >= 11 is 0. The molecule has 2 nitrogen and oxygen atoms in total. The van der Waals surface area contributed by atoms with Crippen molar-refractivity contribution in [2.24, 2.45) is 0 Å². The van der Waals surface area contributed by atoms with Gasteiger partial charge in [0.1, 0.15) is 0 Å². The van der Waals surface area contributed by atoms with Gasteiger partial charge in [0.2, 0.25) is 0 Å². The summed E-state index contributed by atoms with van der Waals surface area (Å²) in [5, 5.41) is 1.08. The van der Waals surface area contributed by atoms with Gasteiger partial charge in [-0.15, -0.1) is 0 Å². The summed E-state index contributed by atoms with van der Waals surface area (Å²) in [4.78, 5) is 0. The van der Waals surface area contributed by atoms with Crippen LogP contribution in [0.1, 0.15) is 96.8 Å². The lowest BCUT2D eigenvalue weighted by atomic mass is 10.0. The van der Waals surface area contributed by atoms with E-state index in [2.05, 4.69) is 13.5 Å². The third-order valence-corrected chi connectivity index (χ3v) is 5.40. The van der Waals surface area contributed by atoms with Gasteiger partial charge in [0, 0.05) is 5.41 Å². The van der Waals surface area contributed by atoms with E-state index in [4.69, 9.17) is 0 Å². The van der Waals surface area contributed by atoms with Crippen LogP contribution in [0.15, 0.2) is 12.0 Å². The van der Waals surface area contributed by atoms with Crippen LogP contribution in [0.4, 0.5) is 0 Å². The highest BCUT2D eigenvalue weighted by Gasteiger charge is 2.03. The number of rotatable bonds is 16. The third kappa shape index (κ3) is 15.9. The molecule has 0 unspecified atom stereocenters. The first-order valence-electron chi connectivity index (χ1n) is 8.97. The van der Waals surface area contributed by atoms with Gasteiger partial charge in [0.05, 0.1) is 5.75 Å². The Bertz CT molecular complexity index is 320. The van der Waals surface area contributed by atoms with Gasteiger partial charge in [-0.2, -0.15) is 0 Å². The molecule has 0 radical (unpaired) electrons. The Kier molecular flexibility index (Phi) is 14.4. The molecular weight excluding hydrogens is 280 g/mol. The van der Waals surface area contributed by atoms with Crippen molar-refractivity contribution in [2.75, 3.05) is 5.75 Å². The van der Waals surface area contributed by atoms with Gasteiger partial charge in [-0.1, -0.05) is 97.0 Å². The molecule has 0 rings (SSSR count). The summed E-state index contributed by atoms with van der Waals surface area (Å²) in [6.45, 7) is 5.59. The molecule has 0 aliphatic heterocycles. The Morgan fingerprint density at radius 3 is 1.33 bits per heavy atom. The summed E-state index contributed by atoms with van der Waals surface area (Å²) in [6.07, 6.45) is 18.0. The molecule has 0 heterocycles. The van der Waals surface area contributed by atoms with E-state index in [0.29, 0.717) is 0 Å². The first kappa shape index (κ1) is 20.7. The van der Waals surface area contributed by atoms with E-state index in [1.807, 2.05) is 0 Å². The maximum atomic E-state index is 11.2. The zero-order valence-corrected chi connectivity index (χ0v) is 14.9. The Balaban J connectivity index is 3.11. The lowest BCUT2D eigenvalue weighted by molar-refractivity contribution is 0.537. The fraction of sp³-hybridized carbons (Fsp3) is 0.889. The molecule has 0 bridgehead atoms. The van der Waals surface area contributed by atoms with Crippen molar-refractivity contribution in [3.8, 4) is 0 Å². The van der Waals surface area contributed by atoms with E-state index in [1.165, 1.54) is 77.0 Å². The second-order valence-corrected chi connectivity index (χ2v) is 8.20. The number of sulfone groups is 1. The van der Waals surface area contributed by atoms with Crippen molar-refractivity contribution in [3.05, 3.63) is 12.0 Å². The van der Waals surface area contributed by atoms with Crippen LogP contribution in [0.25, 0.3) is 0 Å². The standard InChI is InChI=1S/C18H36O2S/c1-3-5-6-7-8-9-10-11-12-13-14-15-16-17-18-21(19,20)4-2/h4H,2-3,5-18H2,1H3. The second-order valence-electron chi connectivity index (χ2n) is 6.13. The fourth-order valence-electron chi connectivity index (χ4n) is 2.58. The van der Waals surface area contributed by atoms with Crippen LogP contribution in [-0.4, -0.2) is 14.2 Å². The molecule has 0 saturated heterocycles. The molecule has 126 valence electrons. The van der Waals surface area contributed by atoms with Gasteiger partial charge in [0.15, 0.2) is 9.84 Å². The van der Waals surface area contributed by atoms with Gasteiger partial charge >= 0.3 is 0 Å². The highest BCUT2D eigenvalue weighted by molar-refractivity contribution is 7.94. The smallest absolute Gasteiger partial charge is 0.171 e. The topological polar surface area (TPSA) is 34.1 Å². The molecule has 0 aromatic heterocycles. The predicted molar refractivity (Wildman–Crippen MR) is 94.3 cm³/mol. The van der Waals surface area contributed by atoms with Crippen molar-refractivity contribution in [2.45, 2.75) is 96.8 Å². The normalized spacial score (nSPS) is 11.7. The molecule has 21 heavy (non-hydrogen) atoms. The highest BCUT2D eigenvalue weighted by atomic mass is 32.2. The van der Waals surface area contributed by atoms with Crippen molar-refractivity contribution in [3.63, 3.8) is 0 Å². The number of unbranched alkanes of at least 4 members (excludes halogenated alkanes) is 13. The van der Waals surface area contributed by atoms with Crippen molar-refractivity contribution in [1.29, 1.82) is 0 Å². The summed E-state index contributed by atoms with van der Waals surface area (Å²) in [5.74, 6) is 0.272. The van der Waals surface area contributed by atoms with Gasteiger partial charge < -0.3 is 0 Å². The van der Waals surface area contributed by atoms with E-state index >= 15 is 0 Å². The predicted octanol–water partition coefficient (Wildman–Crippen LogP) is 6.03. The summed E-state index contributed by atoms with van der Waals surface area (Å²) < 4.78 is 22.4. The van der Waals surface area contributed by atoms with E-state index < -0.39 is 9.84 Å². The van der Waals surface area contributed by atoms with E-state index in [1.54, 1.807) is 0 Å². The second kappa shape index (κ2) is 14.6. The van der Waals surface area contributed by atoms with Gasteiger partial charge in [0.25, 0.3) is 0 Å². The third-order valence-electron chi connectivity index (χ3n) is 4.04. The minimum atomic E-state index is -2.97. The molecule has 0 saturated carbocycles. The average molecular weight is 317 g/mol. The van der Waals surface area contributed by atoms with Crippen LogP contribution < -0.4 is 0 Å². The lowest BCUT2D eigenvalue weighted by Crippen LogP contribution is -2.01. The fourth-order valence-corrected chi connectivity index (χ4v) is 3.35. The molecule has 0 spiro atoms. The Labute approximate surface area is 133 Å². The molecule has 0 N–H and O–H groups in total. The molecule has 0 atom stereocenters. The molecule has 0 aliphatic carbocycles. The Hall–Kier alpha value is -0.310. The SMILES string of the molecule is C=CS(=O)(=O)CCCCCCCCCCCCCCCC. The van der Waals surface area contributed by atoms with E-state index in [9.17, 15) is 8.42 Å². The number of hydrogen-bond acceptors (Lipinski definition) is 2. The minimum Gasteiger partial charge on any atom is -0.224 e. The highest BCUT2D eigenvalue weighted by Crippen LogP contribution is 2.13. The Morgan fingerprint density at radius 1 is 0.667 bits per heavy atom. The van der Waals surface area contributed by atoms with Crippen LogP contribution in [0.3, 0.4) is 0 Å². The van der Waals surface area contributed by atoms with Crippen LogP contribution in [0.2, 0.25) is 0 Å². The lowest BCUT2D eigenvalue weighted by Gasteiger charge is -2.03. The molecule has 0 fully saturated rings. The van der Waals surface area contributed by atoms with Crippen molar-refractivity contribution < 1.29 is 8.42 Å². The maximum absolute atomic E-state index is 11.2. The first-order valence-corrected chi connectivity index (χ1v) is 10.7. The zero-order chi connectivity index (χ0) is 15.8. The first-order chi connectivity index (χ1) is 10.1. The van der Waals surface area contributed by atoms with Gasteiger partial charge in [-0.3, -0.25) is 0 Å². The summed E-state index contributed by atoms with van der Waals surface area (Å²) in [7, 11) is -2.97. The Morgan fingerprint density at radius 2 is 1.00 bits per heavy atom. The van der Waals surface area contributed by atoms with Crippen molar-refractivity contribution in [1.82, 2.24) is 0 Å². The average Bonchev–Trinajstić information content (AvgIpc) is 2.47. The minimum absolute atomic E-state index is 0.272. The maximum Gasteiger partial charge on any atom is 0.171 e. The monoisotopic (exact) mass is 316 g/mol. The molecule has 3 heteroatoms. The van der Waals surface area contributed by atoms with Gasteiger partial charge in [-0.25, -0.2) is 8.42 Å². The van der Waals surface area contributed by atoms with Crippen LogP contribution in [-0.2, 0) is 9.84 Å². The zero-order valence-electron chi connectivity index (χ0n) is 14.1.